The first-order valence-corrected chi connectivity index (χ1v) is 14.6. The van der Waals surface area contributed by atoms with Crippen molar-refractivity contribution >= 4 is 41.2 Å². The number of hydrogen-bond donors (Lipinski definition) is 4. The van der Waals surface area contributed by atoms with Crippen LogP contribution in [0.15, 0.2) is 84.9 Å². The number of ether oxygens (including phenoxy) is 1. The summed E-state index contributed by atoms with van der Waals surface area (Å²) in [5, 5.41) is 27.5. The number of nitrogens with one attached hydrogen (secondary N) is 2. The van der Waals surface area contributed by atoms with Gasteiger partial charge in [-0.25, -0.2) is 9.59 Å². The molecule has 1 heterocycles. The average molecular weight is 641 g/mol. The number of carbonyl (C=O) groups is 3. The number of halogens is 2. The van der Waals surface area contributed by atoms with Crippen LogP contribution in [0.1, 0.15) is 17.5 Å². The van der Waals surface area contributed by atoms with Crippen LogP contribution >= 0.6 is 23.2 Å². The minimum absolute atomic E-state index is 0.0681. The van der Waals surface area contributed by atoms with Crippen molar-refractivity contribution in [3.63, 3.8) is 0 Å². The summed E-state index contributed by atoms with van der Waals surface area (Å²) in [6.45, 7) is 0.221. The summed E-state index contributed by atoms with van der Waals surface area (Å²) in [5.41, 5.74) is 3.64. The van der Waals surface area contributed by atoms with E-state index in [-0.39, 0.29) is 42.8 Å². The maximum Gasteiger partial charge on any atom is 0.413 e. The number of aliphatic carboxylic acids is 1. The van der Waals surface area contributed by atoms with Crippen molar-refractivity contribution in [3.05, 3.63) is 96.1 Å². The molecule has 5 N–H and O–H groups in total. The predicted octanol–water partition coefficient (Wildman–Crippen LogP) is 3.57. The minimum atomic E-state index is -2.12. The van der Waals surface area contributed by atoms with Crippen molar-refractivity contribution in [3.8, 4) is 17.1 Å². The molecule has 4 rings (SSSR count). The smallest absolute Gasteiger partial charge is 0.413 e. The molecule has 3 aromatic carbocycles. The van der Waals surface area contributed by atoms with E-state index in [4.69, 9.17) is 33.7 Å². The second kappa shape index (κ2) is 14.8. The lowest BCUT2D eigenvalue weighted by molar-refractivity contribution is -0.148. The molecular formula is C30H31Cl2N7O5. The van der Waals surface area contributed by atoms with Crippen molar-refractivity contribution in [2.24, 2.45) is 5.73 Å². The van der Waals surface area contributed by atoms with Crippen molar-refractivity contribution < 1.29 is 24.2 Å². The average Bonchev–Trinajstić information content (AvgIpc) is 3.56. The minimum Gasteiger partial charge on any atom is -0.479 e. The van der Waals surface area contributed by atoms with E-state index in [1.807, 2.05) is 0 Å². The van der Waals surface area contributed by atoms with Crippen LogP contribution in [0.5, 0.6) is 5.75 Å². The Hall–Kier alpha value is -4.52. The van der Waals surface area contributed by atoms with Crippen LogP contribution in [0.2, 0.25) is 0 Å². The van der Waals surface area contributed by atoms with E-state index in [0.29, 0.717) is 16.7 Å². The highest BCUT2D eigenvalue weighted by atomic mass is 35.5. The Morgan fingerprint density at radius 3 is 2.18 bits per heavy atom. The van der Waals surface area contributed by atoms with E-state index in [1.54, 1.807) is 89.8 Å². The van der Waals surface area contributed by atoms with Gasteiger partial charge in [-0.3, -0.25) is 9.69 Å². The summed E-state index contributed by atoms with van der Waals surface area (Å²) in [5.74, 6) is -1.72. The molecule has 0 radical (unpaired) electrons. The Morgan fingerprint density at radius 1 is 0.955 bits per heavy atom. The van der Waals surface area contributed by atoms with Gasteiger partial charge in [0.1, 0.15) is 16.8 Å². The van der Waals surface area contributed by atoms with Gasteiger partial charge in [0.25, 0.3) is 0 Å². The Kier molecular flexibility index (Phi) is 10.9. The number of aromatic amines is 1. The molecule has 4 aromatic rings. The molecule has 0 fully saturated rings. The summed E-state index contributed by atoms with van der Waals surface area (Å²) >= 11 is 12.4. The first kappa shape index (κ1) is 32.4. The van der Waals surface area contributed by atoms with Crippen LogP contribution in [0, 0.1) is 0 Å². The Labute approximate surface area is 263 Å². The zero-order valence-electron chi connectivity index (χ0n) is 23.5. The topological polar surface area (TPSA) is 176 Å². The van der Waals surface area contributed by atoms with Gasteiger partial charge < -0.3 is 20.9 Å². The molecule has 44 heavy (non-hydrogen) atoms. The summed E-state index contributed by atoms with van der Waals surface area (Å²) in [7, 11) is 0. The SMILES string of the molecule is NC(=O)C(C[C@](Cc1ccccc1)(NC(=O)Oc1ccccc1)C(=O)O)(c1cccc(-c2nn[nH]n2)c1)N(CCCl)CCCl. The molecule has 0 saturated heterocycles. The molecule has 14 heteroatoms. The van der Waals surface area contributed by atoms with Gasteiger partial charge in [-0.1, -0.05) is 66.7 Å². The van der Waals surface area contributed by atoms with Crippen LogP contribution in [-0.4, -0.2) is 79.0 Å². The largest absolute Gasteiger partial charge is 0.479 e. The number of carboxylic acids is 1. The molecule has 0 spiro atoms. The number of nitrogens with zero attached hydrogens (tertiary/aromatic N) is 4. The van der Waals surface area contributed by atoms with E-state index in [0.717, 1.165) is 0 Å². The number of H-pyrrole nitrogens is 1. The van der Waals surface area contributed by atoms with Gasteiger partial charge in [-0.15, -0.1) is 33.4 Å². The number of benzene rings is 3. The van der Waals surface area contributed by atoms with Crippen molar-refractivity contribution in [2.75, 3.05) is 24.8 Å². The fourth-order valence-electron chi connectivity index (χ4n) is 5.23. The van der Waals surface area contributed by atoms with Crippen LogP contribution in [0.25, 0.3) is 11.4 Å². The molecule has 230 valence electrons. The van der Waals surface area contributed by atoms with Crippen molar-refractivity contribution in [1.29, 1.82) is 0 Å². The summed E-state index contributed by atoms with van der Waals surface area (Å²) in [6, 6.07) is 23.5. The maximum atomic E-state index is 13.8. The summed E-state index contributed by atoms with van der Waals surface area (Å²) in [6.07, 6.45) is -1.77. The molecule has 0 aliphatic rings. The highest BCUT2D eigenvalue weighted by Gasteiger charge is 2.54. The monoisotopic (exact) mass is 639 g/mol. The molecule has 1 aromatic heterocycles. The standard InChI is InChI=1S/C30H31Cl2N7O5/c31-14-16-39(17-15-32)30(26(33)40,23-11-7-10-22(18-23)25-35-37-38-36-25)20-29(27(41)42,19-21-8-3-1-4-9-21)34-28(43)44-24-12-5-2-6-13-24/h1-13,18H,14-17,19-20H2,(H2,33,40)(H,34,43)(H,41,42)(H,35,36,37,38)/t29-,30?/m0/s1. The number of amides is 2. The van der Waals surface area contributed by atoms with Crippen LogP contribution in [-0.2, 0) is 21.5 Å². The number of primary amides is 1. The molecule has 0 aliphatic heterocycles. The second-order valence-corrected chi connectivity index (χ2v) is 10.7. The number of carbonyl (C=O) groups excluding carboxylic acids is 2. The lowest BCUT2D eigenvalue weighted by atomic mass is 9.73. The van der Waals surface area contributed by atoms with Gasteiger partial charge >= 0.3 is 12.1 Å². The lowest BCUT2D eigenvalue weighted by Gasteiger charge is -2.46. The van der Waals surface area contributed by atoms with Gasteiger partial charge in [0.15, 0.2) is 0 Å². The van der Waals surface area contributed by atoms with Gasteiger partial charge in [0.05, 0.1) is 0 Å². The Bertz CT molecular complexity index is 1540. The third-order valence-electron chi connectivity index (χ3n) is 7.21. The molecule has 0 aliphatic carbocycles. The van der Waals surface area contributed by atoms with Gasteiger partial charge in [-0.05, 0) is 34.5 Å². The predicted molar refractivity (Wildman–Crippen MR) is 164 cm³/mol. The normalized spacial score (nSPS) is 13.9. The number of carboxylic acid groups (broad SMARTS) is 1. The second-order valence-electron chi connectivity index (χ2n) is 9.96. The third-order valence-corrected chi connectivity index (χ3v) is 7.55. The van der Waals surface area contributed by atoms with Gasteiger partial charge in [0, 0.05) is 43.3 Å². The fraction of sp³-hybridized carbons (Fsp3) is 0.267. The number of nitrogens with two attached hydrogens (primary N) is 1. The van der Waals surface area contributed by atoms with Gasteiger partial charge in [-0.2, -0.15) is 5.21 Å². The van der Waals surface area contributed by atoms with Gasteiger partial charge in [0.2, 0.25) is 11.7 Å². The van der Waals surface area contributed by atoms with Crippen molar-refractivity contribution in [1.82, 2.24) is 30.8 Å². The van der Waals surface area contributed by atoms with Crippen LogP contribution in [0.4, 0.5) is 4.79 Å². The molecule has 0 bridgehead atoms. The molecule has 2 atom stereocenters. The number of hydrogen-bond acceptors (Lipinski definition) is 8. The van der Waals surface area contributed by atoms with E-state index in [1.165, 1.54) is 0 Å². The lowest BCUT2D eigenvalue weighted by Crippen LogP contribution is -2.66. The third kappa shape index (κ3) is 7.33. The molecule has 2 amide bonds. The number of rotatable bonds is 15. The number of alkyl halides is 2. The maximum absolute atomic E-state index is 13.8. The summed E-state index contributed by atoms with van der Waals surface area (Å²) < 4.78 is 5.45. The molecule has 1 unspecified atom stereocenters. The zero-order valence-corrected chi connectivity index (χ0v) is 25.0. The van der Waals surface area contributed by atoms with E-state index in [9.17, 15) is 19.5 Å². The van der Waals surface area contributed by atoms with E-state index >= 15 is 0 Å². The van der Waals surface area contributed by atoms with E-state index in [2.05, 4.69) is 25.9 Å². The zero-order chi connectivity index (χ0) is 31.6. The number of aromatic nitrogens is 4. The molecule has 0 saturated carbocycles. The highest BCUT2D eigenvalue weighted by molar-refractivity contribution is 6.18. The van der Waals surface area contributed by atoms with Crippen LogP contribution in [0.3, 0.4) is 0 Å². The fourth-order valence-corrected chi connectivity index (χ4v) is 5.64. The van der Waals surface area contributed by atoms with Crippen molar-refractivity contribution in [2.45, 2.75) is 23.9 Å². The molecular weight excluding hydrogens is 609 g/mol. The quantitative estimate of drug-likeness (QED) is 0.142. The number of tetrazole rings is 1. The molecule has 12 nitrogen and oxygen atoms in total. The first-order chi connectivity index (χ1) is 21.2. The number of para-hydroxylation sites is 1. The Balaban J connectivity index is 1.92. The van der Waals surface area contributed by atoms with Crippen LogP contribution < -0.4 is 15.8 Å². The highest BCUT2D eigenvalue weighted by Crippen LogP contribution is 2.40. The van der Waals surface area contributed by atoms with E-state index < -0.39 is 35.5 Å². The summed E-state index contributed by atoms with van der Waals surface area (Å²) in [4.78, 5) is 42.2. The first-order valence-electron chi connectivity index (χ1n) is 13.6. The Morgan fingerprint density at radius 2 is 1.61 bits per heavy atom.